The quantitative estimate of drug-likeness (QED) is 0.398. The molecule has 7 nitrogen and oxygen atoms in total. The number of ether oxygens (including phenoxy) is 2. The number of carbonyl (C=O) groups excluding carboxylic acids is 1. The number of methoxy groups -OCH3 is 1. The summed E-state index contributed by atoms with van der Waals surface area (Å²) in [4.78, 5) is 20.8. The number of carbonyl (C=O) groups is 1. The van der Waals surface area contributed by atoms with Crippen LogP contribution < -0.4 is 4.74 Å². The molecule has 2 heterocycles. The number of hydrogen-bond acceptors (Lipinski definition) is 8. The van der Waals surface area contributed by atoms with Gasteiger partial charge in [-0.05, 0) is 37.1 Å². The van der Waals surface area contributed by atoms with Gasteiger partial charge >= 0.3 is 5.97 Å². The van der Waals surface area contributed by atoms with Crippen LogP contribution in [0.25, 0.3) is 21.6 Å². The molecular weight excluding hydrogens is 390 g/mol. The monoisotopic (exact) mass is 409 g/mol. The highest BCUT2D eigenvalue weighted by atomic mass is 32.1. The number of thiazole rings is 1. The van der Waals surface area contributed by atoms with Gasteiger partial charge in [-0.2, -0.15) is 4.98 Å². The summed E-state index contributed by atoms with van der Waals surface area (Å²) >= 11 is 1.66. The number of aromatic nitrogens is 3. The van der Waals surface area contributed by atoms with Crippen molar-refractivity contribution in [3.8, 4) is 17.1 Å². The molecule has 0 N–H and O–H groups in total. The van der Waals surface area contributed by atoms with Gasteiger partial charge in [0, 0.05) is 6.42 Å². The number of esters is 1. The molecular formula is C21H19N3O4S. The number of para-hydroxylation sites is 2. The van der Waals surface area contributed by atoms with Gasteiger partial charge in [0.2, 0.25) is 5.82 Å². The Morgan fingerprint density at radius 3 is 2.79 bits per heavy atom. The topological polar surface area (TPSA) is 87.3 Å². The molecule has 0 radical (unpaired) electrons. The first-order valence-electron chi connectivity index (χ1n) is 9.19. The van der Waals surface area contributed by atoms with Crippen molar-refractivity contribution in [3.05, 3.63) is 59.4 Å². The van der Waals surface area contributed by atoms with Crippen LogP contribution in [-0.2, 0) is 22.6 Å². The number of aryl methyl sites for hydroxylation is 1. The van der Waals surface area contributed by atoms with E-state index < -0.39 is 0 Å². The Morgan fingerprint density at radius 2 is 1.93 bits per heavy atom. The first-order valence-corrected chi connectivity index (χ1v) is 10.0. The number of benzene rings is 2. The lowest BCUT2D eigenvalue weighted by Gasteiger charge is -2.03. The van der Waals surface area contributed by atoms with Crippen LogP contribution in [-0.4, -0.2) is 28.2 Å². The van der Waals surface area contributed by atoms with E-state index in [1.807, 2.05) is 42.5 Å². The van der Waals surface area contributed by atoms with Crippen LogP contribution in [0.2, 0.25) is 0 Å². The molecule has 0 aliphatic heterocycles. The second-order valence-electron chi connectivity index (χ2n) is 6.30. The van der Waals surface area contributed by atoms with Crippen LogP contribution in [0.5, 0.6) is 5.75 Å². The molecule has 0 fully saturated rings. The lowest BCUT2D eigenvalue weighted by molar-refractivity contribution is -0.145. The van der Waals surface area contributed by atoms with E-state index in [9.17, 15) is 4.79 Å². The Kier molecular flexibility index (Phi) is 5.81. The van der Waals surface area contributed by atoms with Crippen molar-refractivity contribution in [1.82, 2.24) is 15.1 Å². The third-order valence-electron chi connectivity index (χ3n) is 4.28. The zero-order valence-electron chi connectivity index (χ0n) is 15.8. The smallest absolute Gasteiger partial charge is 0.306 e. The molecule has 0 spiro atoms. The van der Waals surface area contributed by atoms with Crippen molar-refractivity contribution in [3.63, 3.8) is 0 Å². The molecule has 0 amide bonds. The molecule has 0 atom stereocenters. The van der Waals surface area contributed by atoms with Crippen molar-refractivity contribution >= 4 is 27.5 Å². The third-order valence-corrected chi connectivity index (χ3v) is 5.38. The summed E-state index contributed by atoms with van der Waals surface area (Å²) in [5.41, 5.74) is 1.71. The van der Waals surface area contributed by atoms with E-state index in [0.717, 1.165) is 21.6 Å². The second kappa shape index (κ2) is 8.83. The van der Waals surface area contributed by atoms with Gasteiger partial charge in [0.15, 0.2) is 6.61 Å². The molecule has 148 valence electrons. The average Bonchev–Trinajstić information content (AvgIpc) is 3.39. The zero-order chi connectivity index (χ0) is 20.1. The summed E-state index contributed by atoms with van der Waals surface area (Å²) in [5.74, 6) is 0.976. The number of nitrogens with zero attached hydrogens (tertiary/aromatic N) is 3. The maximum absolute atomic E-state index is 12.0. The molecule has 0 unspecified atom stereocenters. The summed E-state index contributed by atoms with van der Waals surface area (Å²) in [6.07, 6.45) is 1.73. The van der Waals surface area contributed by atoms with Crippen LogP contribution in [0.15, 0.2) is 53.1 Å². The lowest BCUT2D eigenvalue weighted by Crippen LogP contribution is -2.05. The van der Waals surface area contributed by atoms with Gasteiger partial charge < -0.3 is 14.0 Å². The van der Waals surface area contributed by atoms with Crippen LogP contribution >= 0.6 is 11.3 Å². The molecule has 0 saturated carbocycles. The largest absolute Gasteiger partial charge is 0.496 e. The van der Waals surface area contributed by atoms with Gasteiger partial charge in [-0.25, -0.2) is 4.98 Å². The molecule has 8 heteroatoms. The fourth-order valence-electron chi connectivity index (χ4n) is 2.88. The normalized spacial score (nSPS) is 10.9. The van der Waals surface area contributed by atoms with E-state index in [-0.39, 0.29) is 18.5 Å². The maximum atomic E-state index is 12.0. The summed E-state index contributed by atoms with van der Waals surface area (Å²) in [7, 11) is 1.58. The van der Waals surface area contributed by atoms with Crippen molar-refractivity contribution in [2.75, 3.05) is 7.11 Å². The minimum Gasteiger partial charge on any atom is -0.496 e. The molecule has 29 heavy (non-hydrogen) atoms. The minimum atomic E-state index is -0.303. The number of rotatable bonds is 8. The fourth-order valence-corrected chi connectivity index (χ4v) is 3.89. The molecule has 0 aliphatic carbocycles. The van der Waals surface area contributed by atoms with Gasteiger partial charge in [-0.3, -0.25) is 4.79 Å². The fraction of sp³-hybridized carbons (Fsp3) is 0.238. The predicted octanol–water partition coefficient (Wildman–Crippen LogP) is 4.42. The van der Waals surface area contributed by atoms with Crippen molar-refractivity contribution in [2.24, 2.45) is 0 Å². The maximum Gasteiger partial charge on any atom is 0.306 e. The van der Waals surface area contributed by atoms with Gasteiger partial charge in [-0.1, -0.05) is 29.4 Å². The van der Waals surface area contributed by atoms with Crippen LogP contribution in [0.4, 0.5) is 0 Å². The highest BCUT2D eigenvalue weighted by Gasteiger charge is 2.14. The van der Waals surface area contributed by atoms with E-state index >= 15 is 0 Å². The Bertz CT molecular complexity index is 1090. The predicted molar refractivity (Wildman–Crippen MR) is 109 cm³/mol. The summed E-state index contributed by atoms with van der Waals surface area (Å²) < 4.78 is 16.9. The second-order valence-corrected chi connectivity index (χ2v) is 7.42. The van der Waals surface area contributed by atoms with Gasteiger partial charge in [0.05, 0.1) is 27.9 Å². The van der Waals surface area contributed by atoms with E-state index in [1.54, 1.807) is 18.4 Å². The van der Waals surface area contributed by atoms with Crippen LogP contribution in [0.1, 0.15) is 23.7 Å². The van der Waals surface area contributed by atoms with E-state index in [4.69, 9.17) is 14.0 Å². The summed E-state index contributed by atoms with van der Waals surface area (Å²) in [5, 5.41) is 4.96. The summed E-state index contributed by atoms with van der Waals surface area (Å²) in [6.45, 7) is -0.0535. The molecule has 0 saturated heterocycles. The first kappa shape index (κ1) is 19.1. The third kappa shape index (κ3) is 4.60. The first-order chi connectivity index (χ1) is 14.2. The molecule has 0 aliphatic rings. The average molecular weight is 409 g/mol. The van der Waals surface area contributed by atoms with Gasteiger partial charge in [0.1, 0.15) is 5.75 Å². The highest BCUT2D eigenvalue weighted by Crippen LogP contribution is 2.27. The highest BCUT2D eigenvalue weighted by molar-refractivity contribution is 7.18. The molecule has 2 aromatic heterocycles. The van der Waals surface area contributed by atoms with E-state index in [0.29, 0.717) is 30.0 Å². The van der Waals surface area contributed by atoms with E-state index in [1.165, 1.54) is 0 Å². The lowest BCUT2D eigenvalue weighted by atomic mass is 10.2. The minimum absolute atomic E-state index is 0.0535. The Labute approximate surface area is 171 Å². The Morgan fingerprint density at radius 1 is 1.10 bits per heavy atom. The number of fused-ring (bicyclic) bond motifs is 1. The SMILES string of the molecule is COc1ccccc1-c1noc(COC(=O)CCCc2nc3ccccc3s2)n1. The van der Waals surface area contributed by atoms with Crippen molar-refractivity contribution in [1.29, 1.82) is 0 Å². The van der Waals surface area contributed by atoms with Crippen LogP contribution in [0.3, 0.4) is 0 Å². The number of hydrogen-bond donors (Lipinski definition) is 0. The molecule has 0 bridgehead atoms. The van der Waals surface area contributed by atoms with Crippen LogP contribution in [0, 0.1) is 0 Å². The summed E-state index contributed by atoms with van der Waals surface area (Å²) in [6, 6.07) is 15.4. The Hall–Kier alpha value is -3.26. The van der Waals surface area contributed by atoms with E-state index in [2.05, 4.69) is 21.2 Å². The van der Waals surface area contributed by atoms with Crippen molar-refractivity contribution < 1.29 is 18.8 Å². The van der Waals surface area contributed by atoms with Gasteiger partial charge in [0.25, 0.3) is 5.89 Å². The molecule has 4 aromatic rings. The van der Waals surface area contributed by atoms with Crippen molar-refractivity contribution in [2.45, 2.75) is 25.9 Å². The Balaban J connectivity index is 1.26. The zero-order valence-corrected chi connectivity index (χ0v) is 16.6. The standard InChI is InChI=1S/C21H19N3O4S/c1-26-16-9-4-2-7-14(16)21-23-18(28-24-21)13-27-20(25)12-6-11-19-22-15-8-3-5-10-17(15)29-19/h2-5,7-10H,6,11-13H2,1H3. The van der Waals surface area contributed by atoms with Gasteiger partial charge in [-0.15, -0.1) is 11.3 Å². The molecule has 4 rings (SSSR count). The molecule has 2 aromatic carbocycles.